The van der Waals surface area contributed by atoms with Gasteiger partial charge in [-0.15, -0.1) is 0 Å². The first-order valence-electron chi connectivity index (χ1n) is 8.70. The van der Waals surface area contributed by atoms with Crippen molar-refractivity contribution in [2.75, 3.05) is 18.9 Å². The fraction of sp³-hybridized carbons (Fsp3) is 0.611. The van der Waals surface area contributed by atoms with Gasteiger partial charge < -0.3 is 15.0 Å². The number of hydrogen-bond donors (Lipinski definition) is 1. The van der Waals surface area contributed by atoms with Crippen LogP contribution in [-0.4, -0.2) is 41.2 Å². The zero-order valence-electron chi connectivity index (χ0n) is 15.6. The molecule has 0 atom stereocenters. The lowest BCUT2D eigenvalue weighted by atomic mass is 9.78. The Balaban J connectivity index is 1.77. The lowest BCUT2D eigenvalue weighted by Crippen LogP contribution is -2.39. The fourth-order valence-electron chi connectivity index (χ4n) is 2.93. The van der Waals surface area contributed by atoms with Crippen molar-refractivity contribution in [3.05, 3.63) is 33.3 Å². The Morgan fingerprint density at radius 3 is 2.65 bits per heavy atom. The minimum atomic E-state index is -0.498. The van der Waals surface area contributed by atoms with Gasteiger partial charge in [0.15, 0.2) is 0 Å². The van der Waals surface area contributed by atoms with Crippen molar-refractivity contribution in [3.63, 3.8) is 0 Å². The highest BCUT2D eigenvalue weighted by Crippen LogP contribution is 2.37. The number of rotatable bonds is 6. The third-order valence-electron chi connectivity index (χ3n) is 4.34. The van der Waals surface area contributed by atoms with Gasteiger partial charge in [-0.25, -0.2) is 4.79 Å². The number of para-hydroxylation sites is 1. The maximum atomic E-state index is 11.9. The molecule has 7 nitrogen and oxygen atoms in total. The van der Waals surface area contributed by atoms with E-state index in [0.29, 0.717) is 18.2 Å². The summed E-state index contributed by atoms with van der Waals surface area (Å²) in [7, 11) is 1.73. The van der Waals surface area contributed by atoms with Gasteiger partial charge in [-0.1, -0.05) is 17.7 Å². The molecular weight excluding hydrogens is 358 g/mol. The van der Waals surface area contributed by atoms with E-state index in [2.05, 4.69) is 5.32 Å². The highest BCUT2D eigenvalue weighted by atomic mass is 35.5. The van der Waals surface area contributed by atoms with E-state index in [9.17, 15) is 14.9 Å². The molecule has 0 spiro atoms. The summed E-state index contributed by atoms with van der Waals surface area (Å²) in [6.45, 7) is 6.16. The summed E-state index contributed by atoms with van der Waals surface area (Å²) in [4.78, 5) is 24.2. The maximum absolute atomic E-state index is 11.9. The van der Waals surface area contributed by atoms with Gasteiger partial charge in [-0.3, -0.25) is 10.1 Å². The van der Waals surface area contributed by atoms with Crippen LogP contribution in [0.4, 0.5) is 16.2 Å². The average molecular weight is 384 g/mol. The molecule has 1 aromatic rings. The number of nitrogens with one attached hydrogen (secondary N) is 1. The van der Waals surface area contributed by atoms with E-state index in [-0.39, 0.29) is 22.8 Å². The van der Waals surface area contributed by atoms with Crippen molar-refractivity contribution >= 4 is 29.1 Å². The predicted molar refractivity (Wildman–Crippen MR) is 102 cm³/mol. The molecule has 0 bridgehead atoms. The lowest BCUT2D eigenvalue weighted by Gasteiger charge is -2.37. The van der Waals surface area contributed by atoms with Crippen LogP contribution in [0.3, 0.4) is 0 Å². The highest BCUT2D eigenvalue weighted by Gasteiger charge is 2.31. The van der Waals surface area contributed by atoms with E-state index >= 15 is 0 Å². The Labute approximate surface area is 158 Å². The minimum Gasteiger partial charge on any atom is -0.444 e. The first-order valence-corrected chi connectivity index (χ1v) is 9.08. The molecule has 0 aromatic heterocycles. The first kappa shape index (κ1) is 20.3. The smallest absolute Gasteiger partial charge is 0.410 e. The number of benzene rings is 1. The molecule has 1 amide bonds. The highest BCUT2D eigenvalue weighted by molar-refractivity contribution is 6.33. The number of amides is 1. The molecule has 8 heteroatoms. The molecule has 1 aromatic carbocycles. The third-order valence-corrected chi connectivity index (χ3v) is 4.65. The Hall–Kier alpha value is -2.02. The van der Waals surface area contributed by atoms with Crippen molar-refractivity contribution < 1.29 is 14.5 Å². The van der Waals surface area contributed by atoms with Gasteiger partial charge in [-0.2, -0.15) is 0 Å². The van der Waals surface area contributed by atoms with Crippen molar-refractivity contribution in [2.24, 2.45) is 5.92 Å². The zero-order valence-corrected chi connectivity index (χ0v) is 16.4. The second-order valence-corrected chi connectivity index (χ2v) is 8.17. The minimum absolute atomic E-state index is 0.0812. The summed E-state index contributed by atoms with van der Waals surface area (Å²) in [5.41, 5.74) is -0.123. The summed E-state index contributed by atoms with van der Waals surface area (Å²) < 4.78 is 5.33. The van der Waals surface area contributed by atoms with Crippen LogP contribution >= 0.6 is 11.6 Å². The van der Waals surface area contributed by atoms with Crippen LogP contribution in [0.25, 0.3) is 0 Å². The largest absolute Gasteiger partial charge is 0.444 e. The number of nitro benzene ring substituents is 1. The Bertz CT molecular complexity index is 669. The molecule has 1 N–H and O–H groups in total. The van der Waals surface area contributed by atoms with Crippen molar-refractivity contribution in [1.82, 2.24) is 4.90 Å². The molecule has 1 fully saturated rings. The number of anilines is 1. The quantitative estimate of drug-likeness (QED) is 0.568. The van der Waals surface area contributed by atoms with Crippen LogP contribution in [0.5, 0.6) is 0 Å². The van der Waals surface area contributed by atoms with Gasteiger partial charge in [-0.05, 0) is 58.1 Å². The molecule has 0 radical (unpaired) electrons. The SMILES string of the molecule is CN(CCC1CC(Nc2cccc(Cl)c2[N+](=O)[O-])C1)C(=O)OC(C)(C)C. The van der Waals surface area contributed by atoms with E-state index in [1.165, 1.54) is 6.07 Å². The predicted octanol–water partition coefficient (Wildman–Crippen LogP) is 4.70. The Kier molecular flexibility index (Phi) is 6.34. The molecule has 144 valence electrons. The number of nitrogens with zero attached hydrogens (tertiary/aromatic N) is 2. The van der Waals surface area contributed by atoms with E-state index in [4.69, 9.17) is 16.3 Å². The van der Waals surface area contributed by atoms with Crippen LogP contribution < -0.4 is 5.32 Å². The molecule has 26 heavy (non-hydrogen) atoms. The number of nitro groups is 1. The number of halogens is 1. The Morgan fingerprint density at radius 2 is 2.08 bits per heavy atom. The normalized spacial score (nSPS) is 19.4. The first-order chi connectivity index (χ1) is 12.1. The van der Waals surface area contributed by atoms with Gasteiger partial charge in [0, 0.05) is 19.6 Å². The second-order valence-electron chi connectivity index (χ2n) is 7.76. The molecular formula is C18H26ClN3O4. The lowest BCUT2D eigenvalue weighted by molar-refractivity contribution is -0.383. The average Bonchev–Trinajstić information content (AvgIpc) is 2.46. The zero-order chi connectivity index (χ0) is 19.5. The van der Waals surface area contributed by atoms with Gasteiger partial charge in [0.1, 0.15) is 16.3 Å². The number of carbonyl (C=O) groups excluding carboxylic acids is 1. The fourth-order valence-corrected chi connectivity index (χ4v) is 3.18. The van der Waals surface area contributed by atoms with E-state index in [0.717, 1.165) is 19.3 Å². The number of hydrogen-bond acceptors (Lipinski definition) is 5. The van der Waals surface area contributed by atoms with Crippen LogP contribution in [0.2, 0.25) is 5.02 Å². The summed E-state index contributed by atoms with van der Waals surface area (Å²) in [6, 6.07) is 5.07. The van der Waals surface area contributed by atoms with Crippen molar-refractivity contribution in [3.8, 4) is 0 Å². The summed E-state index contributed by atoms with van der Waals surface area (Å²) in [5.74, 6) is 0.482. The molecule has 0 heterocycles. The van der Waals surface area contributed by atoms with Gasteiger partial charge in [0.2, 0.25) is 0 Å². The van der Waals surface area contributed by atoms with Crippen molar-refractivity contribution in [1.29, 1.82) is 0 Å². The topological polar surface area (TPSA) is 84.7 Å². The third kappa shape index (κ3) is 5.49. The Morgan fingerprint density at radius 1 is 1.42 bits per heavy atom. The molecule has 1 aliphatic carbocycles. The maximum Gasteiger partial charge on any atom is 0.410 e. The molecule has 0 unspecified atom stereocenters. The van der Waals surface area contributed by atoms with E-state index in [1.54, 1.807) is 24.1 Å². The van der Waals surface area contributed by atoms with Gasteiger partial charge in [0.05, 0.1) is 4.92 Å². The van der Waals surface area contributed by atoms with Crippen LogP contribution in [0, 0.1) is 16.0 Å². The van der Waals surface area contributed by atoms with Gasteiger partial charge in [0.25, 0.3) is 0 Å². The van der Waals surface area contributed by atoms with Crippen molar-refractivity contribution in [2.45, 2.75) is 51.7 Å². The second kappa shape index (κ2) is 8.12. The van der Waals surface area contributed by atoms with Crippen LogP contribution in [0.15, 0.2) is 18.2 Å². The monoisotopic (exact) mass is 383 g/mol. The molecule has 0 aliphatic heterocycles. The summed E-state index contributed by atoms with van der Waals surface area (Å²) >= 11 is 5.93. The van der Waals surface area contributed by atoms with E-state index < -0.39 is 10.5 Å². The number of ether oxygens (including phenoxy) is 1. The number of carbonyl (C=O) groups is 1. The van der Waals surface area contributed by atoms with Gasteiger partial charge >= 0.3 is 11.8 Å². The molecule has 1 saturated carbocycles. The van der Waals surface area contributed by atoms with E-state index in [1.807, 2.05) is 20.8 Å². The summed E-state index contributed by atoms with van der Waals surface area (Å²) in [5, 5.41) is 14.5. The summed E-state index contributed by atoms with van der Waals surface area (Å²) in [6.07, 6.45) is 2.38. The molecule has 2 rings (SSSR count). The standard InChI is InChI=1S/C18H26ClN3O4/c1-18(2,3)26-17(23)21(4)9-8-12-10-13(11-12)20-15-7-5-6-14(19)16(15)22(24)25/h5-7,12-13,20H,8-11H2,1-4H3. The van der Waals surface area contributed by atoms with Crippen LogP contribution in [0.1, 0.15) is 40.0 Å². The molecule has 1 aliphatic rings. The molecule has 0 saturated heterocycles. The van der Waals surface area contributed by atoms with Crippen LogP contribution in [-0.2, 0) is 4.74 Å².